The molecule has 3 aromatic heterocycles. The van der Waals surface area contributed by atoms with Gasteiger partial charge in [-0.2, -0.15) is 9.97 Å². The van der Waals surface area contributed by atoms with Gasteiger partial charge >= 0.3 is 6.01 Å². The molecule has 7 heterocycles. The van der Waals surface area contributed by atoms with E-state index in [4.69, 9.17) is 14.7 Å². The van der Waals surface area contributed by atoms with Crippen molar-refractivity contribution in [1.82, 2.24) is 55.0 Å². The highest BCUT2D eigenvalue weighted by atomic mass is 19.1. The molecule has 4 atom stereocenters. The molecule has 4 fully saturated rings. The average Bonchev–Trinajstić information content (AvgIpc) is 4.08. The minimum Gasteiger partial charge on any atom is -0.508 e. The number of amides is 1. The summed E-state index contributed by atoms with van der Waals surface area (Å²) in [5.74, 6) is -0.0731. The summed E-state index contributed by atoms with van der Waals surface area (Å²) in [5, 5.41) is 49.3. The van der Waals surface area contributed by atoms with E-state index >= 15 is 4.39 Å². The van der Waals surface area contributed by atoms with Gasteiger partial charge in [0, 0.05) is 107 Å². The van der Waals surface area contributed by atoms with Gasteiger partial charge in [-0.15, -0.1) is 10.2 Å². The third-order valence-corrected chi connectivity index (χ3v) is 15.4. The molecule has 5 N–H and O–H groups in total. The number of rotatable bonds is 14. The molecule has 380 valence electrons. The second-order valence-corrected chi connectivity index (χ2v) is 20.5. The van der Waals surface area contributed by atoms with Crippen LogP contribution in [-0.4, -0.2) is 156 Å². The van der Waals surface area contributed by atoms with Gasteiger partial charge in [0.05, 0.1) is 10.9 Å². The molecule has 7 aromatic rings. The van der Waals surface area contributed by atoms with Crippen LogP contribution in [0, 0.1) is 5.82 Å². The van der Waals surface area contributed by atoms with Gasteiger partial charge in [0.1, 0.15) is 40.9 Å². The van der Waals surface area contributed by atoms with Gasteiger partial charge in [-0.1, -0.05) is 50.2 Å². The standard InChI is InChI=1S/C55H63FN12O5/c1-5-57-54(72)53-63-62-52(44-24-42(32(2)3)46(70)25-47(44)71)68(53)37-14-10-33(11-15-37)27-65-18-20-66(21-19-65)30-38-16-17-39(64(38)4)31-73-55-60-50-45(51(61-55)67-28-35-12-13-36(29-67)59-35)26-58-49(48(50)56)43-23-40(69)22-34-8-6-7-9-41(34)43/h6-11,14-15,22-26,32,35-36,38-39,59,69-71H,5,12-13,16-21,27-31H2,1-4H3,(H,57,72)/t35?,36?,38-,39+/m1/s1. The fraction of sp³-hybridized carbons (Fsp3) is 0.418. The number of benzene rings is 4. The summed E-state index contributed by atoms with van der Waals surface area (Å²) in [5.41, 5.74) is 3.59. The van der Waals surface area contributed by atoms with Gasteiger partial charge in [-0.3, -0.25) is 29.0 Å². The van der Waals surface area contributed by atoms with E-state index in [-0.39, 0.29) is 58.2 Å². The molecule has 4 aromatic carbocycles. The number of hydrogen-bond acceptors (Lipinski definition) is 15. The number of aromatic hydroxyl groups is 3. The largest absolute Gasteiger partial charge is 0.508 e. The summed E-state index contributed by atoms with van der Waals surface area (Å²) in [7, 11) is 2.17. The van der Waals surface area contributed by atoms with Crippen molar-refractivity contribution in [2.24, 2.45) is 0 Å². The molecule has 17 nitrogen and oxygen atoms in total. The molecule has 1 amide bonds. The number of anilines is 1. The Kier molecular flexibility index (Phi) is 13.3. The SMILES string of the molecule is CCNC(=O)c1nnc(-c2cc(C(C)C)c(O)cc2O)n1-c1ccc(CN2CCN(C[C@H]3CC[C@@H](COc4nc(N5CC6CCC(C5)N6)c5cnc(-c6cc(O)cc7ccccc67)c(F)c5n4)N3C)CC2)cc1. The second-order valence-electron chi connectivity index (χ2n) is 20.5. The molecule has 11 rings (SSSR count). The minimum atomic E-state index is -0.573. The van der Waals surface area contributed by atoms with Crippen LogP contribution in [-0.2, 0) is 6.54 Å². The van der Waals surface area contributed by atoms with Gasteiger partial charge in [-0.05, 0) is 97.8 Å². The predicted molar refractivity (Wildman–Crippen MR) is 278 cm³/mol. The van der Waals surface area contributed by atoms with Crippen molar-refractivity contribution < 1.29 is 29.2 Å². The van der Waals surface area contributed by atoms with Crippen molar-refractivity contribution in [2.75, 3.05) is 70.9 Å². The molecule has 4 aliphatic heterocycles. The molecule has 2 bridgehead atoms. The van der Waals surface area contributed by atoms with Crippen LogP contribution >= 0.6 is 0 Å². The average molecular weight is 991 g/mol. The van der Waals surface area contributed by atoms with Crippen molar-refractivity contribution in [3.8, 4) is 51.6 Å². The number of nitrogens with zero attached hydrogens (tertiary/aromatic N) is 10. The summed E-state index contributed by atoms with van der Waals surface area (Å²) in [6.07, 6.45) is 5.84. The van der Waals surface area contributed by atoms with Gasteiger partial charge in [0.15, 0.2) is 11.6 Å². The van der Waals surface area contributed by atoms with Crippen molar-refractivity contribution in [3.63, 3.8) is 0 Å². The first-order valence-corrected chi connectivity index (χ1v) is 25.7. The number of likely N-dealkylation sites (N-methyl/N-ethyl adjacent to an activating group) is 1. The lowest BCUT2D eigenvalue weighted by atomic mass is 9.98. The van der Waals surface area contributed by atoms with E-state index in [1.54, 1.807) is 29.0 Å². The van der Waals surface area contributed by atoms with Crippen LogP contribution in [0.15, 0.2) is 79.0 Å². The maximum Gasteiger partial charge on any atom is 0.319 e. The molecule has 4 saturated heterocycles. The first-order valence-electron chi connectivity index (χ1n) is 25.7. The highest BCUT2D eigenvalue weighted by Gasteiger charge is 2.36. The Bertz CT molecular complexity index is 3170. The Labute approximate surface area is 423 Å². The molecule has 73 heavy (non-hydrogen) atoms. The highest BCUT2D eigenvalue weighted by molar-refractivity contribution is 6.00. The van der Waals surface area contributed by atoms with Crippen LogP contribution in [0.1, 0.15) is 74.1 Å². The number of likely N-dealkylation sites (tertiary alicyclic amines) is 1. The lowest BCUT2D eigenvalue weighted by molar-refractivity contribution is 0.0913. The number of pyridine rings is 1. The van der Waals surface area contributed by atoms with E-state index in [2.05, 4.69) is 64.6 Å². The number of piperazine rings is 2. The number of fused-ring (bicyclic) bond motifs is 4. The summed E-state index contributed by atoms with van der Waals surface area (Å²) in [6, 6.07) is 23.1. The molecule has 18 heteroatoms. The number of carbonyl (C=O) groups excluding carboxylic acids is 1. The van der Waals surface area contributed by atoms with Crippen LogP contribution < -0.4 is 20.3 Å². The first-order chi connectivity index (χ1) is 35.4. The van der Waals surface area contributed by atoms with E-state index < -0.39 is 5.82 Å². The number of phenolic OH excluding ortho intramolecular Hbond substituents is 3. The number of halogens is 1. The molecular weight excluding hydrogens is 928 g/mol. The molecule has 0 aliphatic carbocycles. The van der Waals surface area contributed by atoms with E-state index in [0.717, 1.165) is 94.4 Å². The van der Waals surface area contributed by atoms with E-state index in [9.17, 15) is 20.1 Å². The summed E-state index contributed by atoms with van der Waals surface area (Å²) in [4.78, 5) is 37.2. The number of ether oxygens (including phenoxy) is 1. The molecule has 0 radical (unpaired) electrons. The van der Waals surface area contributed by atoms with Crippen LogP contribution in [0.4, 0.5) is 10.2 Å². The molecule has 0 saturated carbocycles. The van der Waals surface area contributed by atoms with Gasteiger partial charge in [0.2, 0.25) is 5.82 Å². The Morgan fingerprint density at radius 3 is 2.34 bits per heavy atom. The van der Waals surface area contributed by atoms with E-state index in [1.165, 1.54) is 6.07 Å². The normalized spacial score (nSPS) is 20.7. The maximum absolute atomic E-state index is 17.0. The van der Waals surface area contributed by atoms with Crippen molar-refractivity contribution >= 4 is 33.4 Å². The maximum atomic E-state index is 17.0. The van der Waals surface area contributed by atoms with Crippen LogP contribution in [0.25, 0.3) is 50.0 Å². The topological polar surface area (TPSA) is 193 Å². The summed E-state index contributed by atoms with van der Waals surface area (Å²) >= 11 is 0. The van der Waals surface area contributed by atoms with Gasteiger partial charge in [-0.25, -0.2) is 4.39 Å². The van der Waals surface area contributed by atoms with Crippen molar-refractivity contribution in [2.45, 2.75) is 83.1 Å². The van der Waals surface area contributed by atoms with E-state index in [0.29, 0.717) is 70.7 Å². The fourth-order valence-corrected chi connectivity index (χ4v) is 11.4. The van der Waals surface area contributed by atoms with Gasteiger partial charge < -0.3 is 35.6 Å². The zero-order valence-corrected chi connectivity index (χ0v) is 41.8. The number of hydrogen-bond donors (Lipinski definition) is 5. The third-order valence-electron chi connectivity index (χ3n) is 15.4. The van der Waals surface area contributed by atoms with Crippen LogP contribution in [0.3, 0.4) is 0 Å². The highest BCUT2D eigenvalue weighted by Crippen LogP contribution is 2.40. The first kappa shape index (κ1) is 48.3. The van der Waals surface area contributed by atoms with Crippen LogP contribution in [0.2, 0.25) is 0 Å². The lowest BCUT2D eigenvalue weighted by Crippen LogP contribution is -2.51. The predicted octanol–water partition coefficient (Wildman–Crippen LogP) is 6.82. The number of aromatic nitrogens is 6. The zero-order valence-electron chi connectivity index (χ0n) is 41.8. The minimum absolute atomic E-state index is 0.00620. The quantitative estimate of drug-likeness (QED) is 0.0762. The summed E-state index contributed by atoms with van der Waals surface area (Å²) < 4.78 is 25.1. The lowest BCUT2D eigenvalue weighted by Gasteiger charge is -2.37. The number of phenols is 3. The van der Waals surface area contributed by atoms with Crippen molar-refractivity contribution in [1.29, 1.82) is 0 Å². The number of carbonyl (C=O) groups is 1. The Balaban J connectivity index is 0.738. The Morgan fingerprint density at radius 2 is 1.59 bits per heavy atom. The molecular formula is C55H63FN12O5. The second kappa shape index (κ2) is 20.1. The Morgan fingerprint density at radius 1 is 0.849 bits per heavy atom. The zero-order chi connectivity index (χ0) is 50.5. The van der Waals surface area contributed by atoms with Crippen LogP contribution in [0.5, 0.6) is 23.3 Å². The third kappa shape index (κ3) is 9.60. The molecule has 4 aliphatic rings. The summed E-state index contributed by atoms with van der Waals surface area (Å²) in [6.45, 7) is 13.5. The number of nitrogens with one attached hydrogen (secondary N) is 2. The Hall–Kier alpha value is -6.99. The molecule has 0 spiro atoms. The van der Waals surface area contributed by atoms with Crippen molar-refractivity contribution in [3.05, 3.63) is 102 Å². The molecule has 2 unspecified atom stereocenters. The monoisotopic (exact) mass is 991 g/mol. The fourth-order valence-electron chi connectivity index (χ4n) is 11.4. The van der Waals surface area contributed by atoms with Gasteiger partial charge in [0.25, 0.3) is 5.91 Å². The van der Waals surface area contributed by atoms with E-state index in [1.807, 2.05) is 57.2 Å². The smallest absolute Gasteiger partial charge is 0.319 e.